The van der Waals surface area contributed by atoms with Gasteiger partial charge in [0.15, 0.2) is 0 Å². The fourth-order valence-electron chi connectivity index (χ4n) is 1.45. The smallest absolute Gasteiger partial charge is 0.291 e. The molecule has 0 radical (unpaired) electrons. The van der Waals surface area contributed by atoms with Gasteiger partial charge in [-0.05, 0) is 32.4 Å². The molecule has 0 heterocycles. The summed E-state index contributed by atoms with van der Waals surface area (Å²) < 4.78 is 28.2. The summed E-state index contributed by atoms with van der Waals surface area (Å²) in [6, 6.07) is 7.26. The molecule has 2 N–H and O–H groups in total. The van der Waals surface area contributed by atoms with Crippen molar-refractivity contribution in [2.45, 2.75) is 32.7 Å². The number of hydrogen-bond donors (Lipinski definition) is 1. The standard InChI is InChI=1S/C13H16F2N2.ClH/c1-9(17)10-5-4-6-11(7-10)13(14,15)12(2,3)8-16;/h4-7,9H,17H2,1-3H3;1H/t9-;/m1./s1. The van der Waals surface area contributed by atoms with Crippen LogP contribution in [0, 0.1) is 16.7 Å². The van der Waals surface area contributed by atoms with Gasteiger partial charge in [-0.1, -0.05) is 18.2 Å². The molecule has 0 aliphatic heterocycles. The van der Waals surface area contributed by atoms with Gasteiger partial charge >= 0.3 is 0 Å². The van der Waals surface area contributed by atoms with E-state index in [1.54, 1.807) is 19.1 Å². The predicted molar refractivity (Wildman–Crippen MR) is 69.6 cm³/mol. The number of nitrogens with two attached hydrogens (primary N) is 1. The summed E-state index contributed by atoms with van der Waals surface area (Å²) in [4.78, 5) is 0. The third-order valence-electron chi connectivity index (χ3n) is 2.84. The van der Waals surface area contributed by atoms with Gasteiger partial charge in [-0.15, -0.1) is 12.4 Å². The summed E-state index contributed by atoms with van der Waals surface area (Å²) in [5, 5.41) is 8.81. The lowest BCUT2D eigenvalue weighted by atomic mass is 9.82. The Labute approximate surface area is 112 Å². The van der Waals surface area contributed by atoms with Gasteiger partial charge in [-0.3, -0.25) is 0 Å². The molecule has 2 nitrogen and oxygen atoms in total. The fraction of sp³-hybridized carbons (Fsp3) is 0.462. The average molecular weight is 275 g/mol. The van der Waals surface area contributed by atoms with Crippen molar-refractivity contribution in [1.82, 2.24) is 0 Å². The lowest BCUT2D eigenvalue weighted by Gasteiger charge is -2.28. The van der Waals surface area contributed by atoms with Crippen LogP contribution in [0.15, 0.2) is 24.3 Å². The molecule has 0 saturated heterocycles. The second-order valence-electron chi connectivity index (χ2n) is 4.73. The lowest BCUT2D eigenvalue weighted by Crippen LogP contribution is -2.32. The summed E-state index contributed by atoms with van der Waals surface area (Å²) in [6.07, 6.45) is 0. The molecule has 0 unspecified atom stereocenters. The number of benzene rings is 1. The Morgan fingerprint density at radius 1 is 1.33 bits per heavy atom. The Balaban J connectivity index is 0.00000289. The minimum absolute atomic E-state index is 0. The first-order valence-electron chi connectivity index (χ1n) is 5.37. The molecule has 0 aliphatic rings. The van der Waals surface area contributed by atoms with Crippen LogP contribution < -0.4 is 5.73 Å². The number of alkyl halides is 2. The molecule has 100 valence electrons. The maximum absolute atomic E-state index is 14.1. The topological polar surface area (TPSA) is 49.8 Å². The third kappa shape index (κ3) is 2.98. The van der Waals surface area contributed by atoms with Crippen LogP contribution in [-0.2, 0) is 5.92 Å². The predicted octanol–water partition coefficient (Wildman–Crippen LogP) is 3.77. The van der Waals surface area contributed by atoms with Crippen molar-refractivity contribution in [2.24, 2.45) is 11.1 Å². The van der Waals surface area contributed by atoms with Crippen molar-refractivity contribution in [3.63, 3.8) is 0 Å². The van der Waals surface area contributed by atoms with Crippen molar-refractivity contribution < 1.29 is 8.78 Å². The van der Waals surface area contributed by atoms with E-state index in [2.05, 4.69) is 0 Å². The molecule has 0 saturated carbocycles. The highest BCUT2D eigenvalue weighted by Crippen LogP contribution is 2.44. The van der Waals surface area contributed by atoms with Crippen LogP contribution in [0.25, 0.3) is 0 Å². The number of rotatable bonds is 3. The fourth-order valence-corrected chi connectivity index (χ4v) is 1.45. The average Bonchev–Trinajstić information content (AvgIpc) is 2.28. The number of nitrogens with zero attached hydrogens (tertiary/aromatic N) is 1. The summed E-state index contributed by atoms with van der Waals surface area (Å²) in [5.41, 5.74) is 4.38. The molecule has 5 heteroatoms. The van der Waals surface area contributed by atoms with E-state index in [4.69, 9.17) is 11.0 Å². The Morgan fingerprint density at radius 3 is 2.33 bits per heavy atom. The molecular weight excluding hydrogens is 258 g/mol. The van der Waals surface area contributed by atoms with E-state index >= 15 is 0 Å². The van der Waals surface area contributed by atoms with E-state index in [0.29, 0.717) is 5.56 Å². The molecule has 1 rings (SSSR count). The van der Waals surface area contributed by atoms with Crippen LogP contribution in [0.5, 0.6) is 0 Å². The van der Waals surface area contributed by atoms with E-state index in [-0.39, 0.29) is 24.0 Å². The molecule has 18 heavy (non-hydrogen) atoms. The number of halogens is 3. The molecule has 1 atom stereocenters. The Bertz CT molecular complexity index is 451. The van der Waals surface area contributed by atoms with Crippen molar-refractivity contribution >= 4 is 12.4 Å². The first-order valence-corrected chi connectivity index (χ1v) is 5.37. The second kappa shape index (κ2) is 5.64. The normalized spacial score (nSPS) is 13.4. The summed E-state index contributed by atoms with van der Waals surface area (Å²) >= 11 is 0. The molecule has 1 aromatic carbocycles. The van der Waals surface area contributed by atoms with E-state index in [9.17, 15) is 8.78 Å². The van der Waals surface area contributed by atoms with Crippen molar-refractivity contribution in [1.29, 1.82) is 5.26 Å². The van der Waals surface area contributed by atoms with Crippen LogP contribution in [0.3, 0.4) is 0 Å². The van der Waals surface area contributed by atoms with Gasteiger partial charge in [0.1, 0.15) is 5.41 Å². The Morgan fingerprint density at radius 2 is 1.89 bits per heavy atom. The second-order valence-corrected chi connectivity index (χ2v) is 4.73. The quantitative estimate of drug-likeness (QED) is 0.912. The zero-order valence-corrected chi connectivity index (χ0v) is 11.4. The summed E-state index contributed by atoms with van der Waals surface area (Å²) in [6.45, 7) is 4.18. The monoisotopic (exact) mass is 274 g/mol. The van der Waals surface area contributed by atoms with Crippen LogP contribution in [0.4, 0.5) is 8.78 Å². The molecule has 0 aliphatic carbocycles. The van der Waals surface area contributed by atoms with Gasteiger partial charge in [-0.2, -0.15) is 14.0 Å². The Hall–Kier alpha value is -1.18. The molecule has 0 spiro atoms. The third-order valence-corrected chi connectivity index (χ3v) is 2.84. The van der Waals surface area contributed by atoms with E-state index < -0.39 is 11.3 Å². The van der Waals surface area contributed by atoms with E-state index in [1.165, 1.54) is 32.0 Å². The molecule has 0 aromatic heterocycles. The van der Waals surface area contributed by atoms with Gasteiger partial charge in [0.25, 0.3) is 5.92 Å². The molecule has 0 amide bonds. The van der Waals surface area contributed by atoms with Gasteiger partial charge < -0.3 is 5.73 Å². The lowest BCUT2D eigenvalue weighted by molar-refractivity contribution is -0.0854. The van der Waals surface area contributed by atoms with Gasteiger partial charge in [0.05, 0.1) is 6.07 Å². The number of nitriles is 1. The van der Waals surface area contributed by atoms with Crippen LogP contribution in [0.1, 0.15) is 37.9 Å². The summed E-state index contributed by atoms with van der Waals surface area (Å²) in [7, 11) is 0. The molecule has 1 aromatic rings. The van der Waals surface area contributed by atoms with Crippen LogP contribution >= 0.6 is 12.4 Å². The van der Waals surface area contributed by atoms with Crippen LogP contribution in [0.2, 0.25) is 0 Å². The number of hydrogen-bond acceptors (Lipinski definition) is 2. The largest absolute Gasteiger partial charge is 0.324 e. The molecule has 0 fully saturated rings. The van der Waals surface area contributed by atoms with E-state index in [0.717, 1.165) is 0 Å². The van der Waals surface area contributed by atoms with Gasteiger partial charge in [0, 0.05) is 11.6 Å². The zero-order chi connectivity index (χ0) is 13.3. The SMILES string of the molecule is C[C@@H](N)c1cccc(C(F)(F)C(C)(C)C#N)c1.Cl. The van der Waals surface area contributed by atoms with Crippen molar-refractivity contribution in [2.75, 3.05) is 0 Å². The van der Waals surface area contributed by atoms with Crippen LogP contribution in [-0.4, -0.2) is 0 Å². The maximum Gasteiger partial charge on any atom is 0.291 e. The minimum atomic E-state index is -3.20. The first kappa shape index (κ1) is 16.8. The first-order chi connectivity index (χ1) is 7.72. The highest BCUT2D eigenvalue weighted by Gasteiger charge is 2.48. The Kier molecular flexibility index (Phi) is 5.27. The van der Waals surface area contributed by atoms with Gasteiger partial charge in [0.2, 0.25) is 0 Å². The highest BCUT2D eigenvalue weighted by atomic mass is 35.5. The summed E-state index contributed by atoms with van der Waals surface area (Å²) in [5.74, 6) is -3.20. The zero-order valence-electron chi connectivity index (χ0n) is 10.6. The minimum Gasteiger partial charge on any atom is -0.324 e. The highest BCUT2D eigenvalue weighted by molar-refractivity contribution is 5.85. The maximum atomic E-state index is 14.1. The van der Waals surface area contributed by atoms with Gasteiger partial charge in [-0.25, -0.2) is 0 Å². The molecule has 0 bridgehead atoms. The van der Waals surface area contributed by atoms with E-state index in [1.807, 2.05) is 0 Å². The molecular formula is C13H17ClF2N2. The van der Waals surface area contributed by atoms with Crippen molar-refractivity contribution in [3.8, 4) is 6.07 Å². The van der Waals surface area contributed by atoms with Crippen molar-refractivity contribution in [3.05, 3.63) is 35.4 Å².